The molecule has 0 saturated carbocycles. The van der Waals surface area contributed by atoms with Crippen molar-refractivity contribution >= 4 is 93.2 Å². The first-order valence-electron chi connectivity index (χ1n) is 16.6. The van der Waals surface area contributed by atoms with Crippen LogP contribution in [0.5, 0.6) is 23.0 Å². The van der Waals surface area contributed by atoms with Gasteiger partial charge in [-0.15, -0.1) is 11.3 Å². The highest BCUT2D eigenvalue weighted by Crippen LogP contribution is 2.43. The smallest absolute Gasteiger partial charge is 0.260 e. The Morgan fingerprint density at radius 2 is 1.04 bits per heavy atom. The molecule has 0 atom stereocenters. The van der Waals surface area contributed by atoms with E-state index in [0.29, 0.717) is 0 Å². The van der Waals surface area contributed by atoms with Crippen molar-refractivity contribution in [2.24, 2.45) is 0 Å². The Bertz CT molecular complexity index is 2810. The minimum atomic E-state index is 0.0650. The van der Waals surface area contributed by atoms with Gasteiger partial charge in [0.25, 0.3) is 6.71 Å². The minimum absolute atomic E-state index is 0.0650. The SMILES string of the molecule is c1ccc(N(c2ccc3ccccc3c2)c2ccc3cc4c(cc3c2)sc2cc3c(cc24)Oc2cccc4c2B3c2ccccc2O4)cc1. The molecule has 3 nitrogen and oxygen atoms in total. The molecule has 0 fully saturated rings. The third-order valence-corrected chi connectivity index (χ3v) is 11.2. The fraction of sp³-hybridized carbons (Fsp3) is 0. The number of ether oxygens (including phenoxy) is 2. The van der Waals surface area contributed by atoms with E-state index in [0.717, 1.165) is 45.5 Å². The van der Waals surface area contributed by atoms with Gasteiger partial charge in [0.15, 0.2) is 0 Å². The summed E-state index contributed by atoms with van der Waals surface area (Å²) < 4.78 is 15.5. The first kappa shape index (κ1) is 27.0. The highest BCUT2D eigenvalue weighted by Gasteiger charge is 2.40. The molecule has 0 N–H and O–H groups in total. The van der Waals surface area contributed by atoms with Crippen LogP contribution < -0.4 is 30.8 Å². The van der Waals surface area contributed by atoms with E-state index in [9.17, 15) is 0 Å². The number of benzene rings is 8. The molecular formula is C44H26BNO2S. The third-order valence-electron chi connectivity index (χ3n) is 10.1. The average molecular weight is 644 g/mol. The van der Waals surface area contributed by atoms with Crippen LogP contribution in [0, 0.1) is 0 Å². The van der Waals surface area contributed by atoms with E-state index < -0.39 is 0 Å². The van der Waals surface area contributed by atoms with Crippen molar-refractivity contribution in [1.82, 2.24) is 0 Å². The predicted octanol–water partition coefficient (Wildman–Crippen LogP) is 10.6. The second-order valence-electron chi connectivity index (χ2n) is 12.9. The van der Waals surface area contributed by atoms with Crippen LogP contribution in [0.4, 0.5) is 17.1 Å². The Balaban J connectivity index is 1.07. The maximum atomic E-state index is 6.63. The summed E-state index contributed by atoms with van der Waals surface area (Å²) in [5, 5.41) is 7.38. The van der Waals surface area contributed by atoms with Crippen molar-refractivity contribution in [2.45, 2.75) is 0 Å². The standard InChI is InChI=1S/C44H26BNO2S/c1-2-11-31(12-3-1)46(32-19-17-27-9-4-5-10-28(27)21-32)33-20-18-29-23-34-35-25-41-37(26-43(35)49-42(34)24-30(29)22-33)45-36-13-6-7-14-38(36)47-39-15-8-16-40(48-41)44(39)45/h1-26H. The maximum Gasteiger partial charge on any atom is 0.260 e. The van der Waals surface area contributed by atoms with Gasteiger partial charge in [-0.05, 0) is 111 Å². The first-order valence-corrected chi connectivity index (χ1v) is 17.4. The zero-order chi connectivity index (χ0) is 32.1. The van der Waals surface area contributed by atoms with E-state index >= 15 is 0 Å². The topological polar surface area (TPSA) is 21.7 Å². The Labute approximate surface area is 287 Å². The molecule has 3 heterocycles. The second kappa shape index (κ2) is 10.2. The van der Waals surface area contributed by atoms with E-state index in [1.165, 1.54) is 52.6 Å². The van der Waals surface area contributed by atoms with Crippen LogP contribution in [0.3, 0.4) is 0 Å². The highest BCUT2D eigenvalue weighted by atomic mass is 32.1. The first-order chi connectivity index (χ1) is 24.2. The average Bonchev–Trinajstić information content (AvgIpc) is 3.49. The molecule has 0 amide bonds. The van der Waals surface area contributed by atoms with Crippen LogP contribution in [-0.4, -0.2) is 6.71 Å². The summed E-state index contributed by atoms with van der Waals surface area (Å²) in [4.78, 5) is 2.35. The van der Waals surface area contributed by atoms with Crippen molar-refractivity contribution < 1.29 is 9.47 Å². The molecule has 0 unspecified atom stereocenters. The molecule has 0 aliphatic carbocycles. The van der Waals surface area contributed by atoms with Gasteiger partial charge >= 0.3 is 0 Å². The minimum Gasteiger partial charge on any atom is -0.458 e. The van der Waals surface area contributed by atoms with E-state index in [4.69, 9.17) is 9.47 Å². The normalized spacial score (nSPS) is 12.8. The summed E-state index contributed by atoms with van der Waals surface area (Å²) in [5.41, 5.74) is 6.88. The van der Waals surface area contributed by atoms with E-state index in [1.54, 1.807) is 0 Å². The fourth-order valence-electron chi connectivity index (χ4n) is 7.86. The number of rotatable bonds is 3. The van der Waals surface area contributed by atoms with Crippen molar-refractivity contribution in [3.8, 4) is 23.0 Å². The second-order valence-corrected chi connectivity index (χ2v) is 14.0. The van der Waals surface area contributed by atoms with Crippen LogP contribution in [0.15, 0.2) is 158 Å². The zero-order valence-electron chi connectivity index (χ0n) is 26.3. The van der Waals surface area contributed by atoms with E-state index in [2.05, 4.69) is 144 Å². The predicted molar refractivity (Wildman–Crippen MR) is 207 cm³/mol. The molecule has 0 radical (unpaired) electrons. The molecule has 0 spiro atoms. The zero-order valence-corrected chi connectivity index (χ0v) is 27.1. The lowest BCUT2D eigenvalue weighted by Crippen LogP contribution is -2.57. The van der Waals surface area contributed by atoms with Gasteiger partial charge in [-0.2, -0.15) is 0 Å². The maximum absolute atomic E-state index is 6.63. The van der Waals surface area contributed by atoms with Gasteiger partial charge < -0.3 is 14.4 Å². The van der Waals surface area contributed by atoms with Gasteiger partial charge in [0, 0.05) is 42.7 Å². The molecule has 5 heteroatoms. The van der Waals surface area contributed by atoms with E-state index in [-0.39, 0.29) is 6.71 Å². The summed E-state index contributed by atoms with van der Waals surface area (Å²) in [7, 11) is 0. The molecule has 0 bridgehead atoms. The summed E-state index contributed by atoms with van der Waals surface area (Å²) in [6.07, 6.45) is 0. The lowest BCUT2D eigenvalue weighted by Gasteiger charge is -2.32. The molecule has 0 saturated heterocycles. The molecule has 2 aliphatic rings. The number of thiophene rings is 1. The number of hydrogen-bond acceptors (Lipinski definition) is 4. The lowest BCUT2D eigenvalue weighted by molar-refractivity contribution is 0.465. The van der Waals surface area contributed by atoms with Gasteiger partial charge in [0.1, 0.15) is 23.0 Å². The van der Waals surface area contributed by atoms with Crippen LogP contribution in [-0.2, 0) is 0 Å². The molecule has 2 aliphatic heterocycles. The van der Waals surface area contributed by atoms with Crippen LogP contribution in [0.2, 0.25) is 0 Å². The molecule has 8 aromatic carbocycles. The fourth-order valence-corrected chi connectivity index (χ4v) is 9.02. The van der Waals surface area contributed by atoms with Crippen molar-refractivity contribution in [3.05, 3.63) is 158 Å². The number of anilines is 3. The third kappa shape index (κ3) is 4.09. The van der Waals surface area contributed by atoms with Crippen LogP contribution >= 0.6 is 11.3 Å². The van der Waals surface area contributed by atoms with Crippen molar-refractivity contribution in [3.63, 3.8) is 0 Å². The van der Waals surface area contributed by atoms with Crippen molar-refractivity contribution in [1.29, 1.82) is 0 Å². The molecule has 1 aromatic heterocycles. The molecule has 11 rings (SSSR count). The quantitative estimate of drug-likeness (QED) is 0.179. The lowest BCUT2D eigenvalue weighted by atomic mass is 9.35. The Kier molecular flexibility index (Phi) is 5.63. The molecule has 49 heavy (non-hydrogen) atoms. The van der Waals surface area contributed by atoms with Crippen LogP contribution in [0.1, 0.15) is 0 Å². The summed E-state index contributed by atoms with van der Waals surface area (Å²) in [5.74, 6) is 3.58. The van der Waals surface area contributed by atoms with Gasteiger partial charge in [-0.1, -0.05) is 78.9 Å². The Morgan fingerprint density at radius 3 is 1.90 bits per heavy atom. The number of nitrogens with zero attached hydrogens (tertiary/aromatic N) is 1. The summed E-state index contributed by atoms with van der Waals surface area (Å²) in [6, 6.07) is 56.6. The number of fused-ring (bicyclic) bond motifs is 9. The van der Waals surface area contributed by atoms with Gasteiger partial charge in [-0.3, -0.25) is 0 Å². The van der Waals surface area contributed by atoms with Gasteiger partial charge in [0.2, 0.25) is 0 Å². The number of hydrogen-bond donors (Lipinski definition) is 0. The molecule has 228 valence electrons. The largest absolute Gasteiger partial charge is 0.458 e. The molecule has 9 aromatic rings. The van der Waals surface area contributed by atoms with Crippen LogP contribution in [0.25, 0.3) is 41.7 Å². The summed E-state index contributed by atoms with van der Waals surface area (Å²) in [6.45, 7) is 0.0650. The highest BCUT2D eigenvalue weighted by molar-refractivity contribution is 7.26. The van der Waals surface area contributed by atoms with Gasteiger partial charge in [0.05, 0.1) is 0 Å². The van der Waals surface area contributed by atoms with Gasteiger partial charge in [-0.25, -0.2) is 0 Å². The Hall–Kier alpha value is -6.04. The summed E-state index contributed by atoms with van der Waals surface area (Å²) >= 11 is 1.85. The van der Waals surface area contributed by atoms with E-state index in [1.807, 2.05) is 29.5 Å². The Morgan fingerprint density at radius 1 is 0.408 bits per heavy atom. The monoisotopic (exact) mass is 643 g/mol. The molecular weight excluding hydrogens is 617 g/mol. The van der Waals surface area contributed by atoms with Crippen molar-refractivity contribution in [2.75, 3.05) is 4.90 Å². The number of para-hydroxylation sites is 2.